The third kappa shape index (κ3) is 2.80. The second kappa shape index (κ2) is 4.80. The molecule has 0 radical (unpaired) electrons. The maximum atomic E-state index is 8.71. The van der Waals surface area contributed by atoms with Gasteiger partial charge in [0.25, 0.3) is 0 Å². The first-order chi connectivity index (χ1) is 8.15. The lowest BCUT2D eigenvalue weighted by Gasteiger charge is -2.15. The third-order valence-electron chi connectivity index (χ3n) is 2.92. The van der Waals surface area contributed by atoms with Crippen molar-refractivity contribution in [3.63, 3.8) is 0 Å². The van der Waals surface area contributed by atoms with Crippen LogP contribution in [0.3, 0.4) is 0 Å². The van der Waals surface area contributed by atoms with Crippen LogP contribution in [0, 0.1) is 11.3 Å². The van der Waals surface area contributed by atoms with E-state index >= 15 is 0 Å². The Morgan fingerprint density at radius 3 is 2.71 bits per heavy atom. The maximum Gasteiger partial charge on any atom is 0.161 e. The largest absolute Gasteiger partial charge is 0.335 e. The molecule has 0 aliphatic carbocycles. The second-order valence-electron chi connectivity index (χ2n) is 4.37. The van der Waals surface area contributed by atoms with E-state index in [9.17, 15) is 0 Å². The Hall–Kier alpha value is -1.47. The van der Waals surface area contributed by atoms with Gasteiger partial charge >= 0.3 is 0 Å². The third-order valence-corrected chi connectivity index (χ3v) is 4.15. The number of nitriles is 1. The van der Waals surface area contributed by atoms with Crippen molar-refractivity contribution in [1.82, 2.24) is 0 Å². The molecule has 1 aromatic carbocycles. The fourth-order valence-corrected chi connectivity index (χ4v) is 2.72. The van der Waals surface area contributed by atoms with Gasteiger partial charge in [0, 0.05) is 11.4 Å². The van der Waals surface area contributed by atoms with Crippen LogP contribution in [0.5, 0.6) is 0 Å². The summed E-state index contributed by atoms with van der Waals surface area (Å²) in [6, 6.07) is 9.53. The number of rotatable bonds is 2. The monoisotopic (exact) mass is 245 g/mol. The summed E-state index contributed by atoms with van der Waals surface area (Å²) in [4.78, 5) is 4.68. The number of thioether (sulfide) groups is 1. The lowest BCUT2D eigenvalue weighted by Crippen LogP contribution is -2.20. The van der Waals surface area contributed by atoms with Crippen molar-refractivity contribution in [2.45, 2.75) is 25.8 Å². The van der Waals surface area contributed by atoms with Crippen molar-refractivity contribution >= 4 is 22.6 Å². The molecule has 0 amide bonds. The molecule has 0 aromatic heterocycles. The van der Waals surface area contributed by atoms with E-state index < -0.39 is 0 Å². The van der Waals surface area contributed by atoms with Crippen molar-refractivity contribution in [1.29, 1.82) is 5.26 Å². The maximum absolute atomic E-state index is 8.71. The minimum Gasteiger partial charge on any atom is -0.335 e. The van der Waals surface area contributed by atoms with E-state index in [1.807, 2.05) is 24.3 Å². The number of nitrogens with zero attached hydrogens (tertiary/aromatic N) is 2. The van der Waals surface area contributed by atoms with Gasteiger partial charge in [-0.2, -0.15) is 5.26 Å². The number of amidine groups is 1. The Balaban J connectivity index is 2.07. The van der Waals surface area contributed by atoms with Gasteiger partial charge in [0.2, 0.25) is 0 Å². The minimum absolute atomic E-state index is 0.0690. The van der Waals surface area contributed by atoms with Gasteiger partial charge in [0.1, 0.15) is 0 Å². The summed E-state index contributed by atoms with van der Waals surface area (Å²) in [7, 11) is 0. The topological polar surface area (TPSA) is 48.2 Å². The summed E-state index contributed by atoms with van der Waals surface area (Å²) in [6.07, 6.45) is 1.05. The molecule has 4 heteroatoms. The highest BCUT2D eigenvalue weighted by atomic mass is 32.2. The highest BCUT2D eigenvalue weighted by Gasteiger charge is 2.28. The molecule has 1 aliphatic rings. The van der Waals surface area contributed by atoms with Gasteiger partial charge in [-0.05, 0) is 37.6 Å². The van der Waals surface area contributed by atoms with Gasteiger partial charge in [0.05, 0.1) is 17.2 Å². The Morgan fingerprint density at radius 1 is 1.47 bits per heavy atom. The predicted molar refractivity (Wildman–Crippen MR) is 73.4 cm³/mol. The molecule has 1 atom stereocenters. The van der Waals surface area contributed by atoms with Crippen LogP contribution < -0.4 is 5.32 Å². The quantitative estimate of drug-likeness (QED) is 0.870. The van der Waals surface area contributed by atoms with Gasteiger partial charge < -0.3 is 5.32 Å². The van der Waals surface area contributed by atoms with Crippen LogP contribution in [-0.2, 0) is 0 Å². The molecule has 1 aromatic rings. The van der Waals surface area contributed by atoms with Crippen LogP contribution in [0.15, 0.2) is 29.3 Å². The van der Waals surface area contributed by atoms with Crippen molar-refractivity contribution in [2.75, 3.05) is 11.1 Å². The summed E-state index contributed by atoms with van der Waals surface area (Å²) >= 11 is 1.75. The zero-order chi connectivity index (χ0) is 12.3. The Labute approximate surface area is 106 Å². The summed E-state index contributed by atoms with van der Waals surface area (Å²) < 4.78 is 0. The fraction of sp³-hybridized carbons (Fsp3) is 0.385. The molecular formula is C13H15N3S. The molecule has 0 spiro atoms. The molecule has 1 aliphatic heterocycles. The predicted octanol–water partition coefficient (Wildman–Crippen LogP) is 3.24. The molecular weight excluding hydrogens is 230 g/mol. The minimum atomic E-state index is 0.0690. The van der Waals surface area contributed by atoms with Gasteiger partial charge in [-0.3, -0.25) is 4.99 Å². The molecule has 3 nitrogen and oxygen atoms in total. The molecule has 1 N–H and O–H groups in total. The summed E-state index contributed by atoms with van der Waals surface area (Å²) in [5.74, 6) is 1.03. The normalized spacial score (nSPS) is 23.0. The zero-order valence-corrected chi connectivity index (χ0v) is 10.8. The van der Waals surface area contributed by atoms with Crippen LogP contribution in [-0.4, -0.2) is 16.5 Å². The molecule has 1 heterocycles. The Bertz CT molecular complexity index is 472. The van der Waals surface area contributed by atoms with Crippen LogP contribution in [0.1, 0.15) is 25.8 Å². The molecule has 1 unspecified atom stereocenters. The molecule has 88 valence electrons. The Kier molecular flexibility index (Phi) is 3.39. The Morgan fingerprint density at radius 2 is 2.18 bits per heavy atom. The van der Waals surface area contributed by atoms with Gasteiger partial charge in [-0.1, -0.05) is 18.7 Å². The number of anilines is 1. The van der Waals surface area contributed by atoms with E-state index in [0.29, 0.717) is 5.56 Å². The van der Waals surface area contributed by atoms with E-state index in [2.05, 4.69) is 30.2 Å². The molecule has 2 rings (SSSR count). The van der Waals surface area contributed by atoms with Crippen molar-refractivity contribution in [3.05, 3.63) is 29.8 Å². The molecule has 0 saturated heterocycles. The first-order valence-electron chi connectivity index (χ1n) is 5.65. The number of nitrogens with one attached hydrogen (secondary N) is 1. The van der Waals surface area contributed by atoms with Crippen molar-refractivity contribution in [2.24, 2.45) is 4.99 Å². The summed E-state index contributed by atoms with van der Waals surface area (Å²) in [5, 5.41) is 13.0. The first-order valence-corrected chi connectivity index (χ1v) is 6.63. The van der Waals surface area contributed by atoms with E-state index in [4.69, 9.17) is 5.26 Å². The first kappa shape index (κ1) is 12.0. The standard InChI is InChI=1S/C13H15N3S/c1-3-13(2)9-17-12(16-13)15-11-6-4-10(8-14)5-7-11/h4-7H,3,9H2,1-2H3,(H,15,16). The van der Waals surface area contributed by atoms with Gasteiger partial charge in [-0.15, -0.1) is 0 Å². The van der Waals surface area contributed by atoms with Crippen LogP contribution in [0.2, 0.25) is 0 Å². The van der Waals surface area contributed by atoms with Crippen molar-refractivity contribution in [3.8, 4) is 6.07 Å². The SMILES string of the molecule is CCC1(C)CSC(Nc2ccc(C#N)cc2)=N1. The number of aliphatic imine (C=N–C) groups is 1. The van der Waals surface area contributed by atoms with E-state index in [-0.39, 0.29) is 5.54 Å². The lowest BCUT2D eigenvalue weighted by atomic mass is 10.0. The highest BCUT2D eigenvalue weighted by Crippen LogP contribution is 2.30. The average Bonchev–Trinajstić information content (AvgIpc) is 2.73. The molecule has 0 fully saturated rings. The number of hydrogen-bond donors (Lipinski definition) is 1. The van der Waals surface area contributed by atoms with Gasteiger partial charge in [-0.25, -0.2) is 0 Å². The second-order valence-corrected chi connectivity index (χ2v) is 5.33. The highest BCUT2D eigenvalue weighted by molar-refractivity contribution is 8.14. The molecule has 17 heavy (non-hydrogen) atoms. The number of benzene rings is 1. The van der Waals surface area contributed by atoms with E-state index in [1.165, 1.54) is 0 Å². The number of hydrogen-bond acceptors (Lipinski definition) is 4. The summed E-state index contributed by atoms with van der Waals surface area (Å²) in [6.45, 7) is 4.34. The zero-order valence-electron chi connectivity index (χ0n) is 10.0. The lowest BCUT2D eigenvalue weighted by molar-refractivity contribution is 0.523. The van der Waals surface area contributed by atoms with Gasteiger partial charge in [0.15, 0.2) is 5.17 Å². The van der Waals surface area contributed by atoms with E-state index in [1.54, 1.807) is 11.8 Å². The van der Waals surface area contributed by atoms with E-state index in [0.717, 1.165) is 23.0 Å². The fourth-order valence-electron chi connectivity index (χ4n) is 1.53. The van der Waals surface area contributed by atoms with Crippen LogP contribution >= 0.6 is 11.8 Å². The average molecular weight is 245 g/mol. The molecule has 0 saturated carbocycles. The van der Waals surface area contributed by atoms with Crippen LogP contribution in [0.25, 0.3) is 0 Å². The summed E-state index contributed by atoms with van der Waals surface area (Å²) in [5.41, 5.74) is 1.73. The smallest absolute Gasteiger partial charge is 0.161 e. The van der Waals surface area contributed by atoms with Crippen LogP contribution in [0.4, 0.5) is 5.69 Å². The molecule has 0 bridgehead atoms. The van der Waals surface area contributed by atoms with Crippen molar-refractivity contribution < 1.29 is 0 Å².